The van der Waals surface area contributed by atoms with Gasteiger partial charge in [0.15, 0.2) is 0 Å². The van der Waals surface area contributed by atoms with E-state index in [2.05, 4.69) is 4.98 Å². The van der Waals surface area contributed by atoms with E-state index < -0.39 is 11.4 Å². The molecule has 0 saturated carbocycles. The number of carbonyl (C=O) groups excluding carboxylic acids is 2. The third-order valence-corrected chi connectivity index (χ3v) is 5.60. The van der Waals surface area contributed by atoms with E-state index in [0.717, 1.165) is 22.2 Å². The van der Waals surface area contributed by atoms with Crippen LogP contribution in [0.4, 0.5) is 0 Å². The Kier molecular flexibility index (Phi) is 5.58. The number of rotatable bonds is 6. The van der Waals surface area contributed by atoms with E-state index >= 15 is 0 Å². The van der Waals surface area contributed by atoms with Crippen LogP contribution in [0.5, 0.6) is 5.75 Å². The lowest BCUT2D eigenvalue weighted by Crippen LogP contribution is -2.47. The Morgan fingerprint density at radius 2 is 2.00 bits per heavy atom. The van der Waals surface area contributed by atoms with Crippen LogP contribution in [-0.4, -0.2) is 40.0 Å². The second-order valence-electron chi connectivity index (χ2n) is 7.74. The molecule has 31 heavy (non-hydrogen) atoms. The smallest absolute Gasteiger partial charge is 0.262 e. The number of hydrogen-bond donors (Lipinski definition) is 3. The summed E-state index contributed by atoms with van der Waals surface area (Å²) < 4.78 is 5.98. The normalized spacial score (nSPS) is 18.4. The molecule has 1 saturated heterocycles. The maximum atomic E-state index is 12.7. The number of carbonyl (C=O) groups is 2. The summed E-state index contributed by atoms with van der Waals surface area (Å²) in [6.45, 7) is 2.46. The Labute approximate surface area is 179 Å². The molecule has 1 atom stereocenters. The van der Waals surface area contributed by atoms with Gasteiger partial charge in [-0.2, -0.15) is 0 Å². The maximum absolute atomic E-state index is 12.7. The Morgan fingerprint density at radius 3 is 2.74 bits per heavy atom. The number of hydrogen-bond acceptors (Lipinski definition) is 6. The second kappa shape index (κ2) is 8.33. The van der Waals surface area contributed by atoms with Crippen molar-refractivity contribution in [2.24, 2.45) is 5.73 Å². The summed E-state index contributed by atoms with van der Waals surface area (Å²) >= 11 is 0. The van der Waals surface area contributed by atoms with Crippen LogP contribution >= 0.6 is 0 Å². The van der Waals surface area contributed by atoms with Crippen molar-refractivity contribution in [1.29, 1.82) is 0 Å². The topological polar surface area (TPSA) is 118 Å². The van der Waals surface area contributed by atoms with Crippen LogP contribution in [0, 0.1) is 6.92 Å². The molecule has 0 bridgehead atoms. The summed E-state index contributed by atoms with van der Waals surface area (Å²) in [7, 11) is 0. The van der Waals surface area contributed by atoms with Gasteiger partial charge in [-0.25, -0.2) is 5.48 Å². The minimum absolute atomic E-state index is 0.227. The number of pyridine rings is 1. The molecule has 1 aliphatic heterocycles. The van der Waals surface area contributed by atoms with E-state index in [4.69, 9.17) is 15.7 Å². The highest BCUT2D eigenvalue weighted by Gasteiger charge is 2.45. The van der Waals surface area contributed by atoms with Crippen LogP contribution in [0.3, 0.4) is 0 Å². The van der Waals surface area contributed by atoms with Crippen molar-refractivity contribution in [2.45, 2.75) is 25.5 Å². The van der Waals surface area contributed by atoms with E-state index in [0.29, 0.717) is 30.9 Å². The number of likely N-dealkylation sites (tertiary alicyclic amines) is 1. The van der Waals surface area contributed by atoms with Crippen molar-refractivity contribution in [2.75, 3.05) is 13.1 Å². The monoisotopic (exact) mass is 420 g/mol. The predicted octanol–water partition coefficient (Wildman–Crippen LogP) is 2.01. The molecule has 0 aliphatic carbocycles. The van der Waals surface area contributed by atoms with Gasteiger partial charge in [0, 0.05) is 23.2 Å². The lowest BCUT2D eigenvalue weighted by atomic mass is 9.89. The van der Waals surface area contributed by atoms with Gasteiger partial charge in [0.05, 0.1) is 5.52 Å². The van der Waals surface area contributed by atoms with Crippen LogP contribution in [0.2, 0.25) is 0 Å². The Bertz CT molecular complexity index is 1130. The zero-order valence-electron chi connectivity index (χ0n) is 17.2. The summed E-state index contributed by atoms with van der Waals surface area (Å²) in [5.74, 6) is -0.337. The van der Waals surface area contributed by atoms with Gasteiger partial charge >= 0.3 is 0 Å². The van der Waals surface area contributed by atoms with E-state index in [-0.39, 0.29) is 12.5 Å². The van der Waals surface area contributed by atoms with Crippen molar-refractivity contribution in [3.63, 3.8) is 0 Å². The molecule has 8 heteroatoms. The first-order valence-corrected chi connectivity index (χ1v) is 10.0. The number of nitrogens with two attached hydrogens (primary N) is 1. The minimum Gasteiger partial charge on any atom is -0.489 e. The summed E-state index contributed by atoms with van der Waals surface area (Å²) in [5.41, 5.74) is 10.3. The molecule has 1 aromatic heterocycles. The number of aryl methyl sites for hydroxylation is 1. The zero-order valence-corrected chi connectivity index (χ0v) is 17.2. The highest BCUT2D eigenvalue weighted by molar-refractivity contribution is 5.92. The van der Waals surface area contributed by atoms with E-state index in [1.165, 1.54) is 10.4 Å². The number of para-hydroxylation sites is 1. The van der Waals surface area contributed by atoms with Gasteiger partial charge in [0.25, 0.3) is 5.91 Å². The van der Waals surface area contributed by atoms with Crippen LogP contribution in [0.15, 0.2) is 54.6 Å². The Hall–Kier alpha value is -3.49. The molecular weight excluding hydrogens is 396 g/mol. The average molecular weight is 420 g/mol. The number of amides is 2. The molecule has 0 spiro atoms. The fourth-order valence-electron chi connectivity index (χ4n) is 3.95. The highest BCUT2D eigenvalue weighted by Crippen LogP contribution is 2.32. The van der Waals surface area contributed by atoms with Gasteiger partial charge in [-0.3, -0.25) is 19.8 Å². The van der Waals surface area contributed by atoms with Gasteiger partial charge in [-0.15, -0.1) is 0 Å². The van der Waals surface area contributed by atoms with E-state index in [1.54, 1.807) is 24.3 Å². The second-order valence-corrected chi connectivity index (χ2v) is 7.74. The van der Waals surface area contributed by atoms with E-state index in [1.807, 2.05) is 37.3 Å². The molecule has 4 N–H and O–H groups in total. The molecule has 160 valence electrons. The van der Waals surface area contributed by atoms with Gasteiger partial charge in [-0.05, 0) is 43.2 Å². The highest BCUT2D eigenvalue weighted by atomic mass is 16.5. The van der Waals surface area contributed by atoms with Gasteiger partial charge in [0.2, 0.25) is 5.91 Å². The van der Waals surface area contributed by atoms with Gasteiger partial charge < -0.3 is 15.4 Å². The largest absolute Gasteiger partial charge is 0.489 e. The number of nitrogens with one attached hydrogen (secondary N) is 1. The lowest BCUT2D eigenvalue weighted by Gasteiger charge is -2.23. The molecular formula is C23H24N4O4. The average Bonchev–Trinajstić information content (AvgIpc) is 3.07. The molecule has 1 unspecified atom stereocenters. The first-order valence-electron chi connectivity index (χ1n) is 10.0. The van der Waals surface area contributed by atoms with Crippen molar-refractivity contribution in [3.8, 4) is 5.75 Å². The molecule has 2 heterocycles. The van der Waals surface area contributed by atoms with Crippen molar-refractivity contribution < 1.29 is 19.5 Å². The van der Waals surface area contributed by atoms with Crippen molar-refractivity contribution in [3.05, 3.63) is 71.4 Å². The summed E-state index contributed by atoms with van der Waals surface area (Å²) in [6.07, 6.45) is 0.382. The standard InChI is InChI=1S/C23H24N4O4/c1-15-12-16(19-4-2-3-5-20(19)25-15)14-31-18-8-6-17(7-9-18)23(24)10-11-27(22(23)29)13-21(28)26-30/h2-9,12,30H,10-11,13-14,24H2,1H3,(H,26,28). The van der Waals surface area contributed by atoms with E-state index in [9.17, 15) is 9.59 Å². The molecule has 3 aromatic rings. The van der Waals surface area contributed by atoms with Crippen LogP contribution in [-0.2, 0) is 21.7 Å². The molecule has 8 nitrogen and oxygen atoms in total. The van der Waals surface area contributed by atoms with Crippen LogP contribution < -0.4 is 16.0 Å². The molecule has 0 radical (unpaired) electrons. The number of hydroxylamine groups is 1. The molecule has 4 rings (SSSR count). The van der Waals surface area contributed by atoms with Crippen molar-refractivity contribution in [1.82, 2.24) is 15.4 Å². The molecule has 1 fully saturated rings. The predicted molar refractivity (Wildman–Crippen MR) is 114 cm³/mol. The van der Waals surface area contributed by atoms with Crippen molar-refractivity contribution >= 4 is 22.7 Å². The zero-order chi connectivity index (χ0) is 22.0. The summed E-state index contributed by atoms with van der Waals surface area (Å²) in [5, 5.41) is 9.73. The van der Waals surface area contributed by atoms with Crippen LogP contribution in [0.25, 0.3) is 10.9 Å². The van der Waals surface area contributed by atoms with Gasteiger partial charge in [0.1, 0.15) is 24.4 Å². The quantitative estimate of drug-likeness (QED) is 0.415. The van der Waals surface area contributed by atoms with Crippen LogP contribution in [0.1, 0.15) is 23.2 Å². The fraction of sp³-hybridized carbons (Fsp3) is 0.261. The summed E-state index contributed by atoms with van der Waals surface area (Å²) in [4.78, 5) is 30.0. The molecule has 2 aromatic carbocycles. The fourth-order valence-corrected chi connectivity index (χ4v) is 3.95. The SMILES string of the molecule is Cc1cc(COc2ccc(C3(N)CCN(CC(=O)NO)C3=O)cc2)c2ccccc2n1. The number of ether oxygens (including phenoxy) is 1. The Morgan fingerprint density at radius 1 is 1.26 bits per heavy atom. The summed E-state index contributed by atoms with van der Waals surface area (Å²) in [6, 6.07) is 17.1. The Balaban J connectivity index is 1.47. The molecule has 2 amide bonds. The third-order valence-electron chi connectivity index (χ3n) is 5.60. The first kappa shape index (κ1) is 20.8. The number of nitrogens with zero attached hydrogens (tertiary/aromatic N) is 2. The number of fused-ring (bicyclic) bond motifs is 1. The minimum atomic E-state index is -1.20. The number of aromatic nitrogens is 1. The lowest BCUT2D eigenvalue weighted by molar-refractivity contribution is -0.139. The first-order chi connectivity index (χ1) is 14.9. The molecule has 1 aliphatic rings. The number of benzene rings is 2. The maximum Gasteiger partial charge on any atom is 0.262 e. The third kappa shape index (κ3) is 4.08. The van der Waals surface area contributed by atoms with Gasteiger partial charge in [-0.1, -0.05) is 30.3 Å².